The summed E-state index contributed by atoms with van der Waals surface area (Å²) in [5, 5.41) is 0. The fraction of sp³-hybridized carbons (Fsp3) is 0.346. The standard InChI is InChI=1S/C26H31N3O4/c1-19(13-14-20-9-6-5-7-10-20)29(26(30)22-11-8-12-24(28-22)32-3)18-17-21-15-16-23(31-2)25(27-21)33-4/h5-12,15-16,19H,13-14,17-18H2,1-4H3. The van der Waals surface area contributed by atoms with Gasteiger partial charge in [-0.2, -0.15) is 0 Å². The molecule has 7 heteroatoms. The molecule has 0 saturated carbocycles. The Morgan fingerprint density at radius 1 is 0.879 bits per heavy atom. The summed E-state index contributed by atoms with van der Waals surface area (Å²) in [7, 11) is 4.68. The van der Waals surface area contributed by atoms with E-state index in [2.05, 4.69) is 29.0 Å². The van der Waals surface area contributed by atoms with Crippen molar-refractivity contribution in [3.63, 3.8) is 0 Å². The summed E-state index contributed by atoms with van der Waals surface area (Å²) in [6, 6.07) is 19.2. The number of amides is 1. The Kier molecular flexibility index (Phi) is 8.63. The van der Waals surface area contributed by atoms with Gasteiger partial charge in [-0.15, -0.1) is 0 Å². The summed E-state index contributed by atoms with van der Waals surface area (Å²) in [6.07, 6.45) is 2.29. The molecule has 33 heavy (non-hydrogen) atoms. The smallest absolute Gasteiger partial charge is 0.272 e. The number of hydrogen-bond donors (Lipinski definition) is 0. The van der Waals surface area contributed by atoms with Gasteiger partial charge in [0.1, 0.15) is 5.69 Å². The Hall–Kier alpha value is -3.61. The first kappa shape index (κ1) is 24.0. The molecule has 0 spiro atoms. The van der Waals surface area contributed by atoms with Gasteiger partial charge in [-0.3, -0.25) is 4.79 Å². The van der Waals surface area contributed by atoms with Gasteiger partial charge in [0, 0.05) is 30.8 Å². The third-order valence-corrected chi connectivity index (χ3v) is 5.54. The lowest BCUT2D eigenvalue weighted by Gasteiger charge is -2.29. The molecule has 0 aliphatic carbocycles. The Morgan fingerprint density at radius 2 is 1.67 bits per heavy atom. The predicted octanol–water partition coefficient (Wildman–Crippen LogP) is 4.21. The number of carbonyl (C=O) groups excluding carboxylic acids is 1. The van der Waals surface area contributed by atoms with Gasteiger partial charge in [-0.1, -0.05) is 36.4 Å². The number of methoxy groups -OCH3 is 3. The zero-order valence-electron chi connectivity index (χ0n) is 19.7. The van der Waals surface area contributed by atoms with Crippen LogP contribution in [0.1, 0.15) is 35.1 Å². The normalized spacial score (nSPS) is 11.5. The highest BCUT2D eigenvalue weighted by molar-refractivity contribution is 5.92. The lowest BCUT2D eigenvalue weighted by atomic mass is 10.0. The molecule has 2 heterocycles. The van der Waals surface area contributed by atoms with E-state index >= 15 is 0 Å². The largest absolute Gasteiger partial charge is 0.491 e. The second-order valence-electron chi connectivity index (χ2n) is 7.70. The van der Waals surface area contributed by atoms with Crippen molar-refractivity contribution in [1.82, 2.24) is 14.9 Å². The molecule has 2 aromatic heterocycles. The fourth-order valence-electron chi connectivity index (χ4n) is 3.63. The van der Waals surface area contributed by atoms with Gasteiger partial charge in [-0.25, -0.2) is 9.97 Å². The van der Waals surface area contributed by atoms with Crippen LogP contribution in [0.5, 0.6) is 17.5 Å². The van der Waals surface area contributed by atoms with Crippen LogP contribution in [0.3, 0.4) is 0 Å². The van der Waals surface area contributed by atoms with Crippen molar-refractivity contribution in [1.29, 1.82) is 0 Å². The van der Waals surface area contributed by atoms with Crippen LogP contribution >= 0.6 is 0 Å². The quantitative estimate of drug-likeness (QED) is 0.437. The Bertz CT molecular complexity index is 1040. The highest BCUT2D eigenvalue weighted by Crippen LogP contribution is 2.24. The van der Waals surface area contributed by atoms with Gasteiger partial charge < -0.3 is 19.1 Å². The summed E-state index contributed by atoms with van der Waals surface area (Å²) < 4.78 is 15.8. The molecule has 0 aliphatic heterocycles. The predicted molar refractivity (Wildman–Crippen MR) is 127 cm³/mol. The molecule has 0 saturated heterocycles. The first-order valence-corrected chi connectivity index (χ1v) is 11.0. The number of nitrogens with zero attached hydrogens (tertiary/aromatic N) is 3. The van der Waals surface area contributed by atoms with Gasteiger partial charge in [0.25, 0.3) is 11.8 Å². The molecule has 1 unspecified atom stereocenters. The van der Waals surface area contributed by atoms with E-state index in [1.165, 1.54) is 5.56 Å². The van der Waals surface area contributed by atoms with E-state index in [-0.39, 0.29) is 11.9 Å². The molecular formula is C26H31N3O4. The minimum absolute atomic E-state index is 0.00542. The molecule has 174 valence electrons. The molecule has 0 N–H and O–H groups in total. The van der Waals surface area contributed by atoms with Crippen LogP contribution in [-0.4, -0.2) is 54.7 Å². The molecule has 7 nitrogen and oxygen atoms in total. The summed E-state index contributed by atoms with van der Waals surface area (Å²) >= 11 is 0. The minimum Gasteiger partial charge on any atom is -0.491 e. The summed E-state index contributed by atoms with van der Waals surface area (Å²) in [4.78, 5) is 24.2. The van der Waals surface area contributed by atoms with Crippen LogP contribution in [0.15, 0.2) is 60.7 Å². The topological polar surface area (TPSA) is 73.8 Å². The number of hydrogen-bond acceptors (Lipinski definition) is 6. The number of benzene rings is 1. The van der Waals surface area contributed by atoms with Crippen molar-refractivity contribution < 1.29 is 19.0 Å². The first-order valence-electron chi connectivity index (χ1n) is 11.0. The van der Waals surface area contributed by atoms with E-state index in [1.54, 1.807) is 39.5 Å². The molecule has 3 rings (SSSR count). The Balaban J connectivity index is 1.78. The van der Waals surface area contributed by atoms with Crippen molar-refractivity contribution >= 4 is 5.91 Å². The van der Waals surface area contributed by atoms with Crippen molar-refractivity contribution in [3.05, 3.63) is 77.6 Å². The van der Waals surface area contributed by atoms with E-state index in [1.807, 2.05) is 35.2 Å². The number of rotatable bonds is 11. The van der Waals surface area contributed by atoms with Crippen molar-refractivity contribution in [2.75, 3.05) is 27.9 Å². The minimum atomic E-state index is -0.130. The summed E-state index contributed by atoms with van der Waals surface area (Å²) in [6.45, 7) is 2.57. The molecular weight excluding hydrogens is 418 g/mol. The van der Waals surface area contributed by atoms with Crippen LogP contribution in [0.2, 0.25) is 0 Å². The molecule has 1 aromatic carbocycles. The maximum atomic E-state index is 13.5. The van der Waals surface area contributed by atoms with Gasteiger partial charge in [-0.05, 0) is 43.5 Å². The summed E-state index contributed by atoms with van der Waals surface area (Å²) in [5.41, 5.74) is 2.43. The molecule has 0 fully saturated rings. The lowest BCUT2D eigenvalue weighted by Crippen LogP contribution is -2.40. The third-order valence-electron chi connectivity index (χ3n) is 5.54. The van der Waals surface area contributed by atoms with Crippen LogP contribution in [0.25, 0.3) is 0 Å². The van der Waals surface area contributed by atoms with Gasteiger partial charge in [0.2, 0.25) is 5.88 Å². The fourth-order valence-corrected chi connectivity index (χ4v) is 3.63. The number of aryl methyl sites for hydroxylation is 1. The van der Waals surface area contributed by atoms with Crippen molar-refractivity contribution in [2.24, 2.45) is 0 Å². The van der Waals surface area contributed by atoms with E-state index in [0.717, 1.165) is 18.5 Å². The van der Waals surface area contributed by atoms with Crippen LogP contribution in [-0.2, 0) is 12.8 Å². The zero-order chi connectivity index (χ0) is 23.6. The Morgan fingerprint density at radius 3 is 2.36 bits per heavy atom. The van der Waals surface area contributed by atoms with Crippen molar-refractivity contribution in [3.8, 4) is 17.5 Å². The van der Waals surface area contributed by atoms with Gasteiger partial charge in [0.15, 0.2) is 5.75 Å². The summed E-state index contributed by atoms with van der Waals surface area (Å²) in [5.74, 6) is 1.29. The number of carbonyl (C=O) groups is 1. The van der Waals surface area contributed by atoms with Gasteiger partial charge in [0.05, 0.1) is 21.3 Å². The highest BCUT2D eigenvalue weighted by atomic mass is 16.5. The highest BCUT2D eigenvalue weighted by Gasteiger charge is 2.23. The molecule has 1 amide bonds. The van der Waals surface area contributed by atoms with Crippen molar-refractivity contribution in [2.45, 2.75) is 32.2 Å². The zero-order valence-corrected chi connectivity index (χ0v) is 19.7. The first-order chi connectivity index (χ1) is 16.0. The average Bonchev–Trinajstić information content (AvgIpc) is 2.87. The Labute approximate surface area is 195 Å². The average molecular weight is 450 g/mol. The number of pyridine rings is 2. The van der Waals surface area contributed by atoms with E-state index in [9.17, 15) is 4.79 Å². The second kappa shape index (κ2) is 11.9. The maximum Gasteiger partial charge on any atom is 0.272 e. The molecule has 0 bridgehead atoms. The second-order valence-corrected chi connectivity index (χ2v) is 7.70. The lowest BCUT2D eigenvalue weighted by molar-refractivity contribution is 0.0679. The SMILES string of the molecule is COc1cccc(C(=O)N(CCc2ccc(OC)c(OC)n2)C(C)CCc2ccccc2)n1. The van der Waals surface area contributed by atoms with Crippen LogP contribution < -0.4 is 14.2 Å². The van der Waals surface area contributed by atoms with Gasteiger partial charge >= 0.3 is 0 Å². The molecule has 3 aromatic rings. The maximum absolute atomic E-state index is 13.5. The molecule has 0 radical (unpaired) electrons. The molecule has 0 aliphatic rings. The monoisotopic (exact) mass is 449 g/mol. The van der Waals surface area contributed by atoms with E-state index < -0.39 is 0 Å². The molecule has 1 atom stereocenters. The third kappa shape index (κ3) is 6.44. The van der Waals surface area contributed by atoms with Crippen LogP contribution in [0, 0.1) is 0 Å². The van der Waals surface area contributed by atoms with E-state index in [4.69, 9.17) is 14.2 Å². The van der Waals surface area contributed by atoms with E-state index in [0.29, 0.717) is 36.2 Å². The van der Waals surface area contributed by atoms with Crippen LogP contribution in [0.4, 0.5) is 0 Å². The number of ether oxygens (including phenoxy) is 3. The number of aromatic nitrogens is 2.